The second-order valence-electron chi connectivity index (χ2n) is 9.71. The van der Waals surface area contributed by atoms with Crippen LogP contribution in [0, 0.1) is 5.92 Å². The molecule has 2 aromatic carbocycles. The molecule has 1 heterocycles. The second kappa shape index (κ2) is 11.2. The minimum absolute atomic E-state index is 0.0378. The van der Waals surface area contributed by atoms with Crippen LogP contribution < -0.4 is 9.47 Å². The van der Waals surface area contributed by atoms with Gasteiger partial charge in [-0.2, -0.15) is 0 Å². The molecule has 1 aliphatic carbocycles. The van der Waals surface area contributed by atoms with Gasteiger partial charge in [-0.1, -0.05) is 6.07 Å². The molecule has 210 valence electrons. The van der Waals surface area contributed by atoms with Gasteiger partial charge in [-0.25, -0.2) is 0 Å². The van der Waals surface area contributed by atoms with E-state index in [2.05, 4.69) is 0 Å². The van der Waals surface area contributed by atoms with Gasteiger partial charge < -0.3 is 59.8 Å². The third-order valence-corrected chi connectivity index (χ3v) is 7.49. The van der Waals surface area contributed by atoms with Crippen LogP contribution in [-0.2, 0) is 15.9 Å². The van der Waals surface area contributed by atoms with Gasteiger partial charge in [-0.15, -0.1) is 0 Å². The van der Waals surface area contributed by atoms with Crippen LogP contribution in [-0.4, -0.2) is 111 Å². The average molecular weight is 539 g/mol. The normalized spacial score (nSPS) is 33.0. The van der Waals surface area contributed by atoms with Gasteiger partial charge in [0.15, 0.2) is 29.3 Å². The van der Waals surface area contributed by atoms with Crippen LogP contribution >= 0.6 is 0 Å². The highest BCUT2D eigenvalue weighted by molar-refractivity contribution is 5.54. The Morgan fingerprint density at radius 3 is 2.24 bits per heavy atom. The van der Waals surface area contributed by atoms with E-state index in [0.717, 1.165) is 0 Å². The van der Waals surface area contributed by atoms with E-state index in [1.807, 2.05) is 0 Å². The van der Waals surface area contributed by atoms with Gasteiger partial charge in [-0.05, 0) is 41.0 Å². The molecule has 0 amide bonds. The maximum absolute atomic E-state index is 11.7. The number of phenols is 2. The lowest BCUT2D eigenvalue weighted by molar-refractivity contribution is -0.306. The minimum Gasteiger partial charge on any atom is -0.504 e. The quantitative estimate of drug-likeness (QED) is 0.203. The van der Waals surface area contributed by atoms with Crippen molar-refractivity contribution in [1.82, 2.24) is 0 Å². The number of benzene rings is 2. The van der Waals surface area contributed by atoms with Gasteiger partial charge in [0.05, 0.1) is 39.6 Å². The molecule has 0 radical (unpaired) electrons. The molecule has 12 nitrogen and oxygen atoms in total. The summed E-state index contributed by atoms with van der Waals surface area (Å²) in [6, 6.07) is 7.66. The fraction of sp³-hybridized carbons (Fsp3) is 0.538. The van der Waals surface area contributed by atoms with Crippen LogP contribution in [0.5, 0.6) is 23.0 Å². The van der Waals surface area contributed by atoms with Crippen molar-refractivity contribution in [3.63, 3.8) is 0 Å². The summed E-state index contributed by atoms with van der Waals surface area (Å²) in [5.74, 6) is -1.56. The molecule has 2 aliphatic rings. The topological polar surface area (TPSA) is 199 Å². The van der Waals surface area contributed by atoms with Crippen LogP contribution in [0.25, 0.3) is 0 Å². The third-order valence-electron chi connectivity index (χ3n) is 7.49. The molecule has 0 aromatic heterocycles. The molecule has 0 saturated carbocycles. The minimum atomic E-state index is -1.76. The summed E-state index contributed by atoms with van der Waals surface area (Å²) in [7, 11) is 2.77. The number of aliphatic hydroxyl groups excluding tert-OH is 5. The molecule has 1 fully saturated rings. The van der Waals surface area contributed by atoms with Crippen LogP contribution in [0.1, 0.15) is 22.6 Å². The number of fused-ring (bicyclic) bond motifs is 1. The number of aliphatic hydroxyl groups is 6. The number of phenolic OH excluding ortho intramolecular Hbond substituents is 2. The number of rotatable bonds is 8. The predicted octanol–water partition coefficient (Wildman–Crippen LogP) is -1.04. The standard InChI is InChI=1S/C26H34O12/c1-35-18-5-12(3-4-16(18)29)21-14-7-17(30)19(36-2)6-13(14)8-26(34,11-28)15(21)10-37-25-24(33)23(32)22(31)20(9-27)38-25/h3-7,15,20-25,27-34H,8-11H2,1-2H3. The first-order chi connectivity index (χ1) is 18.1. The smallest absolute Gasteiger partial charge is 0.186 e. The van der Waals surface area contributed by atoms with E-state index in [4.69, 9.17) is 18.9 Å². The van der Waals surface area contributed by atoms with Gasteiger partial charge in [-0.3, -0.25) is 0 Å². The summed E-state index contributed by atoms with van der Waals surface area (Å²) in [6.45, 7) is -1.64. The summed E-state index contributed by atoms with van der Waals surface area (Å²) in [5.41, 5.74) is -0.0211. The van der Waals surface area contributed by atoms with E-state index in [-0.39, 0.29) is 36.0 Å². The van der Waals surface area contributed by atoms with E-state index < -0.39 is 61.4 Å². The molecule has 0 bridgehead atoms. The zero-order valence-corrected chi connectivity index (χ0v) is 21.0. The Morgan fingerprint density at radius 1 is 0.921 bits per heavy atom. The number of hydrogen-bond acceptors (Lipinski definition) is 12. The molecule has 1 saturated heterocycles. The number of aromatic hydroxyl groups is 2. The summed E-state index contributed by atoms with van der Waals surface area (Å²) < 4.78 is 21.8. The van der Waals surface area contributed by atoms with E-state index in [9.17, 15) is 40.9 Å². The molecular formula is C26H34O12. The molecule has 8 atom stereocenters. The number of methoxy groups -OCH3 is 2. The lowest BCUT2D eigenvalue weighted by Crippen LogP contribution is -2.60. The molecule has 12 heteroatoms. The van der Waals surface area contributed by atoms with Crippen LogP contribution in [0.15, 0.2) is 30.3 Å². The van der Waals surface area contributed by atoms with Gasteiger partial charge in [0.1, 0.15) is 24.4 Å². The Kier molecular flexibility index (Phi) is 8.35. The van der Waals surface area contributed by atoms with Gasteiger partial charge >= 0.3 is 0 Å². The fourth-order valence-electron chi connectivity index (χ4n) is 5.35. The van der Waals surface area contributed by atoms with Crippen molar-refractivity contribution in [2.75, 3.05) is 34.0 Å². The fourth-order valence-corrected chi connectivity index (χ4v) is 5.35. The first-order valence-electron chi connectivity index (χ1n) is 12.1. The monoisotopic (exact) mass is 538 g/mol. The van der Waals surface area contributed by atoms with Crippen molar-refractivity contribution in [3.8, 4) is 23.0 Å². The maximum atomic E-state index is 11.7. The highest BCUT2D eigenvalue weighted by Gasteiger charge is 2.50. The highest BCUT2D eigenvalue weighted by atomic mass is 16.7. The molecule has 1 aliphatic heterocycles. The molecular weight excluding hydrogens is 504 g/mol. The van der Waals surface area contributed by atoms with Gasteiger partial charge in [0, 0.05) is 18.3 Å². The zero-order chi connectivity index (χ0) is 27.8. The van der Waals surface area contributed by atoms with Crippen molar-refractivity contribution < 1.29 is 59.8 Å². The third kappa shape index (κ3) is 5.01. The van der Waals surface area contributed by atoms with Crippen LogP contribution in [0.2, 0.25) is 0 Å². The van der Waals surface area contributed by atoms with Crippen LogP contribution in [0.4, 0.5) is 0 Å². The number of ether oxygens (including phenoxy) is 4. The van der Waals surface area contributed by atoms with Crippen molar-refractivity contribution >= 4 is 0 Å². The van der Waals surface area contributed by atoms with Crippen molar-refractivity contribution in [2.45, 2.75) is 48.6 Å². The Hall–Kier alpha value is -2.68. The first kappa shape index (κ1) is 28.3. The van der Waals surface area contributed by atoms with Crippen molar-refractivity contribution in [3.05, 3.63) is 47.0 Å². The Balaban J connectivity index is 1.77. The van der Waals surface area contributed by atoms with Crippen molar-refractivity contribution in [1.29, 1.82) is 0 Å². The van der Waals surface area contributed by atoms with E-state index in [1.165, 1.54) is 26.4 Å². The Labute approximate surface area is 218 Å². The highest BCUT2D eigenvalue weighted by Crippen LogP contribution is 2.49. The summed E-state index contributed by atoms with van der Waals surface area (Å²) in [6.07, 6.45) is -7.58. The predicted molar refractivity (Wildman–Crippen MR) is 130 cm³/mol. The number of hydrogen-bond donors (Lipinski definition) is 8. The average Bonchev–Trinajstić information content (AvgIpc) is 2.91. The molecule has 8 N–H and O–H groups in total. The molecule has 4 rings (SSSR count). The summed E-state index contributed by atoms with van der Waals surface area (Å²) in [4.78, 5) is 0. The lowest BCUT2D eigenvalue weighted by Gasteiger charge is -2.46. The Morgan fingerprint density at radius 2 is 1.61 bits per heavy atom. The molecule has 2 aromatic rings. The molecule has 38 heavy (non-hydrogen) atoms. The molecule has 0 spiro atoms. The Bertz CT molecular complexity index is 1120. The maximum Gasteiger partial charge on any atom is 0.186 e. The lowest BCUT2D eigenvalue weighted by atomic mass is 9.64. The van der Waals surface area contributed by atoms with Crippen molar-refractivity contribution in [2.24, 2.45) is 5.92 Å². The second-order valence-corrected chi connectivity index (χ2v) is 9.71. The van der Waals surface area contributed by atoms with Gasteiger partial charge in [0.2, 0.25) is 0 Å². The zero-order valence-electron chi connectivity index (χ0n) is 21.0. The van der Waals surface area contributed by atoms with E-state index in [0.29, 0.717) is 16.7 Å². The van der Waals surface area contributed by atoms with Crippen LogP contribution in [0.3, 0.4) is 0 Å². The summed E-state index contributed by atoms with van der Waals surface area (Å²) >= 11 is 0. The van der Waals surface area contributed by atoms with E-state index >= 15 is 0 Å². The summed E-state index contributed by atoms with van der Waals surface area (Å²) in [5, 5.41) is 82.9. The SMILES string of the molecule is COc1cc(C2c3cc(O)c(OC)cc3CC(O)(CO)C2COC2OC(CO)C(O)C(O)C2O)ccc1O. The first-order valence-corrected chi connectivity index (χ1v) is 12.1. The molecule has 8 unspecified atom stereocenters. The van der Waals surface area contributed by atoms with Gasteiger partial charge in [0.25, 0.3) is 0 Å². The largest absolute Gasteiger partial charge is 0.504 e. The van der Waals surface area contributed by atoms with E-state index in [1.54, 1.807) is 18.2 Å².